The predicted molar refractivity (Wildman–Crippen MR) is 88.5 cm³/mol. The third-order valence-corrected chi connectivity index (χ3v) is 5.58. The molecule has 1 saturated carbocycles. The summed E-state index contributed by atoms with van der Waals surface area (Å²) < 4.78 is 26.6. The molecule has 0 atom stereocenters. The van der Waals surface area contributed by atoms with Crippen molar-refractivity contribution in [3.8, 4) is 0 Å². The predicted octanol–water partition coefficient (Wildman–Crippen LogP) is 2.71. The summed E-state index contributed by atoms with van der Waals surface area (Å²) in [6.45, 7) is 7.10. The van der Waals surface area contributed by atoms with Gasteiger partial charge >= 0.3 is 0 Å². The van der Waals surface area contributed by atoms with Crippen molar-refractivity contribution in [2.75, 3.05) is 17.0 Å². The van der Waals surface area contributed by atoms with Gasteiger partial charge in [0.2, 0.25) is 10.0 Å². The maximum absolute atomic E-state index is 12.0. The van der Waals surface area contributed by atoms with Crippen LogP contribution >= 0.6 is 11.3 Å². The van der Waals surface area contributed by atoms with Crippen LogP contribution in [-0.4, -0.2) is 31.7 Å². The highest BCUT2D eigenvalue weighted by Crippen LogP contribution is 2.26. The molecule has 7 heteroatoms. The maximum atomic E-state index is 12.0. The van der Waals surface area contributed by atoms with E-state index in [1.807, 2.05) is 5.38 Å². The molecule has 1 aromatic rings. The molecule has 1 fully saturated rings. The van der Waals surface area contributed by atoms with Gasteiger partial charge in [-0.15, -0.1) is 11.3 Å². The fourth-order valence-corrected chi connectivity index (χ4v) is 4.21. The van der Waals surface area contributed by atoms with Gasteiger partial charge in [0.25, 0.3) is 0 Å². The van der Waals surface area contributed by atoms with Crippen molar-refractivity contribution in [2.45, 2.75) is 57.9 Å². The van der Waals surface area contributed by atoms with Crippen LogP contribution in [0, 0.1) is 0 Å². The molecule has 0 unspecified atom stereocenters. The van der Waals surface area contributed by atoms with E-state index in [-0.39, 0.29) is 11.2 Å². The molecule has 1 aliphatic rings. The number of unbranched alkanes of at least 4 members (excludes halogenated alkanes) is 1. The molecule has 0 aliphatic heterocycles. The first kappa shape index (κ1) is 16.7. The van der Waals surface area contributed by atoms with E-state index in [9.17, 15) is 8.42 Å². The molecule has 0 amide bonds. The molecule has 2 N–H and O–H groups in total. The zero-order chi connectivity index (χ0) is 15.5. The molecule has 2 rings (SSSR count). The lowest BCUT2D eigenvalue weighted by Crippen LogP contribution is -2.20. The van der Waals surface area contributed by atoms with Gasteiger partial charge in [-0.25, -0.2) is 13.4 Å². The van der Waals surface area contributed by atoms with Crippen LogP contribution in [0.3, 0.4) is 0 Å². The van der Waals surface area contributed by atoms with E-state index in [1.165, 1.54) is 24.2 Å². The molecule has 1 heterocycles. The van der Waals surface area contributed by atoms with Gasteiger partial charge in [-0.05, 0) is 32.2 Å². The Labute approximate surface area is 131 Å². The Bertz CT molecular complexity index is 557. The molecule has 0 spiro atoms. The van der Waals surface area contributed by atoms with E-state index < -0.39 is 10.0 Å². The summed E-state index contributed by atoms with van der Waals surface area (Å²) in [6.07, 6.45) is 4.09. The molecular weight excluding hydrogens is 306 g/mol. The van der Waals surface area contributed by atoms with E-state index in [4.69, 9.17) is 0 Å². The van der Waals surface area contributed by atoms with Crippen molar-refractivity contribution < 1.29 is 8.42 Å². The van der Waals surface area contributed by atoms with Gasteiger partial charge in [-0.3, -0.25) is 4.72 Å². The lowest BCUT2D eigenvalue weighted by molar-refractivity contribution is 0.573. The smallest absolute Gasteiger partial charge is 0.234 e. The number of nitrogens with one attached hydrogen (secondary N) is 2. The standard InChI is InChI=1S/C14H25N3O2S2/c1-14(2,3)12-10-20-13(16-12)17-21(18,19)9-5-4-8-15-11-6-7-11/h10-11,15H,4-9H2,1-3H3,(H,16,17). The number of aromatic nitrogens is 1. The molecule has 21 heavy (non-hydrogen) atoms. The SMILES string of the molecule is CC(C)(C)c1csc(NS(=O)(=O)CCCCNC2CC2)n1. The molecule has 0 saturated heterocycles. The number of thiazole rings is 1. The minimum absolute atomic E-state index is 0.0608. The average Bonchev–Trinajstić information content (AvgIpc) is 3.05. The fraction of sp³-hybridized carbons (Fsp3) is 0.786. The second kappa shape index (κ2) is 6.62. The van der Waals surface area contributed by atoms with Crippen molar-refractivity contribution in [1.29, 1.82) is 0 Å². The van der Waals surface area contributed by atoms with Gasteiger partial charge in [0.15, 0.2) is 5.13 Å². The van der Waals surface area contributed by atoms with Gasteiger partial charge in [0, 0.05) is 16.8 Å². The van der Waals surface area contributed by atoms with Crippen LogP contribution in [0.5, 0.6) is 0 Å². The molecule has 0 radical (unpaired) electrons. The summed E-state index contributed by atoms with van der Waals surface area (Å²) in [5, 5.41) is 5.77. The zero-order valence-corrected chi connectivity index (χ0v) is 14.6. The normalized spacial score (nSPS) is 16.1. The fourth-order valence-electron chi connectivity index (χ4n) is 1.86. The second-order valence-corrected chi connectivity index (χ2v) is 9.34. The average molecular weight is 332 g/mol. The number of anilines is 1. The van der Waals surface area contributed by atoms with Crippen molar-refractivity contribution in [2.24, 2.45) is 0 Å². The van der Waals surface area contributed by atoms with Crippen LogP contribution in [0.25, 0.3) is 0 Å². The highest BCUT2D eigenvalue weighted by Gasteiger charge is 2.21. The first-order valence-corrected chi connectivity index (χ1v) is 9.99. The Morgan fingerprint density at radius 2 is 2.05 bits per heavy atom. The highest BCUT2D eigenvalue weighted by atomic mass is 32.2. The first-order valence-electron chi connectivity index (χ1n) is 7.46. The zero-order valence-electron chi connectivity index (χ0n) is 13.0. The van der Waals surface area contributed by atoms with Crippen LogP contribution in [-0.2, 0) is 15.4 Å². The summed E-state index contributed by atoms with van der Waals surface area (Å²) in [4.78, 5) is 4.36. The summed E-state index contributed by atoms with van der Waals surface area (Å²) in [5.74, 6) is 0.157. The number of hydrogen-bond donors (Lipinski definition) is 2. The molecule has 120 valence electrons. The van der Waals surface area contributed by atoms with Crippen LogP contribution in [0.4, 0.5) is 5.13 Å². The molecule has 5 nitrogen and oxygen atoms in total. The Balaban J connectivity index is 1.75. The van der Waals surface area contributed by atoms with Crippen LogP contribution in [0.2, 0.25) is 0 Å². The van der Waals surface area contributed by atoms with Crippen LogP contribution < -0.4 is 10.0 Å². The van der Waals surface area contributed by atoms with Crippen molar-refractivity contribution in [3.05, 3.63) is 11.1 Å². The quantitative estimate of drug-likeness (QED) is 0.719. The lowest BCUT2D eigenvalue weighted by Gasteiger charge is -2.14. The van der Waals surface area contributed by atoms with Crippen LogP contribution in [0.1, 0.15) is 52.1 Å². The third kappa shape index (κ3) is 5.92. The minimum atomic E-state index is -3.28. The second-order valence-electron chi connectivity index (χ2n) is 6.64. The van der Waals surface area contributed by atoms with Crippen molar-refractivity contribution >= 4 is 26.5 Å². The Kier molecular flexibility index (Phi) is 5.27. The van der Waals surface area contributed by atoms with E-state index in [0.29, 0.717) is 17.6 Å². The van der Waals surface area contributed by atoms with Crippen molar-refractivity contribution in [3.63, 3.8) is 0 Å². The lowest BCUT2D eigenvalue weighted by atomic mass is 9.93. The molecular formula is C14H25N3O2S2. The van der Waals surface area contributed by atoms with Crippen molar-refractivity contribution in [1.82, 2.24) is 10.3 Å². The van der Waals surface area contributed by atoms with Gasteiger partial charge < -0.3 is 5.32 Å². The monoisotopic (exact) mass is 331 g/mol. The minimum Gasteiger partial charge on any atom is -0.314 e. The number of sulfonamides is 1. The Morgan fingerprint density at radius 1 is 1.33 bits per heavy atom. The van der Waals surface area contributed by atoms with Gasteiger partial charge in [-0.1, -0.05) is 20.8 Å². The Morgan fingerprint density at radius 3 is 2.62 bits per heavy atom. The number of nitrogens with zero attached hydrogens (tertiary/aromatic N) is 1. The molecule has 0 aromatic carbocycles. The topological polar surface area (TPSA) is 71.1 Å². The van der Waals surface area contributed by atoms with E-state index in [1.54, 1.807) is 0 Å². The summed E-state index contributed by atoms with van der Waals surface area (Å²) in [7, 11) is -3.28. The van der Waals surface area contributed by atoms with E-state index >= 15 is 0 Å². The third-order valence-electron chi connectivity index (χ3n) is 3.37. The number of hydrogen-bond acceptors (Lipinski definition) is 5. The molecule has 0 bridgehead atoms. The summed E-state index contributed by atoms with van der Waals surface area (Å²) in [5.41, 5.74) is 0.855. The first-order chi connectivity index (χ1) is 9.76. The van der Waals surface area contributed by atoms with Crippen LogP contribution in [0.15, 0.2) is 5.38 Å². The maximum Gasteiger partial charge on any atom is 0.234 e. The van der Waals surface area contributed by atoms with E-state index in [2.05, 4.69) is 35.8 Å². The van der Waals surface area contributed by atoms with Gasteiger partial charge in [0.05, 0.1) is 11.4 Å². The van der Waals surface area contributed by atoms with E-state index in [0.717, 1.165) is 18.7 Å². The Hall–Kier alpha value is -0.660. The summed E-state index contributed by atoms with van der Waals surface area (Å²) >= 11 is 1.35. The molecule has 1 aromatic heterocycles. The van der Waals surface area contributed by atoms with Gasteiger partial charge in [-0.2, -0.15) is 0 Å². The largest absolute Gasteiger partial charge is 0.314 e. The highest BCUT2D eigenvalue weighted by molar-refractivity contribution is 7.92. The molecule has 1 aliphatic carbocycles. The van der Waals surface area contributed by atoms with Gasteiger partial charge in [0.1, 0.15) is 0 Å². The number of rotatable bonds is 8. The summed E-state index contributed by atoms with van der Waals surface area (Å²) in [6, 6.07) is 0.686.